The van der Waals surface area contributed by atoms with E-state index in [4.69, 9.17) is 29.4 Å². The van der Waals surface area contributed by atoms with Gasteiger partial charge in [0.15, 0.2) is 0 Å². The van der Waals surface area contributed by atoms with Gasteiger partial charge in [-0.3, -0.25) is 9.59 Å². The molecule has 0 aromatic rings. The average molecular weight is 464 g/mol. The maximum absolute atomic E-state index is 12.3. The van der Waals surface area contributed by atoms with Crippen molar-refractivity contribution in [3.63, 3.8) is 0 Å². The summed E-state index contributed by atoms with van der Waals surface area (Å²) in [6.45, 7) is 11.8. The number of amides is 2. The van der Waals surface area contributed by atoms with Gasteiger partial charge in [0.2, 0.25) is 11.8 Å². The van der Waals surface area contributed by atoms with Gasteiger partial charge in [0.05, 0.1) is 66.1 Å². The molecule has 32 heavy (non-hydrogen) atoms. The third-order valence-corrected chi connectivity index (χ3v) is 4.13. The molecule has 0 bridgehead atoms. The molecular weight excluding hydrogens is 418 g/mol. The fourth-order valence-corrected chi connectivity index (χ4v) is 2.63. The number of nitrogens with two attached hydrogens (primary N) is 1. The van der Waals surface area contributed by atoms with E-state index in [0.717, 1.165) is 6.42 Å². The summed E-state index contributed by atoms with van der Waals surface area (Å²) in [4.78, 5) is 24.2. The fourth-order valence-electron chi connectivity index (χ4n) is 2.63. The second kappa shape index (κ2) is 22.9. The molecule has 0 aliphatic rings. The SMILES string of the molecule is CCCC(=O)N[C@@H](CC(C)C)C(=O)NCCOCCOCCOCCOCCOCCN. The summed E-state index contributed by atoms with van der Waals surface area (Å²) in [5, 5.41) is 5.64. The van der Waals surface area contributed by atoms with Gasteiger partial charge in [0.25, 0.3) is 0 Å². The highest BCUT2D eigenvalue weighted by molar-refractivity contribution is 5.87. The van der Waals surface area contributed by atoms with Crippen LogP contribution in [0, 0.1) is 5.92 Å². The van der Waals surface area contributed by atoms with Crippen LogP contribution in [-0.2, 0) is 33.3 Å². The highest BCUT2D eigenvalue weighted by atomic mass is 16.6. The van der Waals surface area contributed by atoms with Crippen LogP contribution in [0.4, 0.5) is 0 Å². The number of ether oxygens (including phenoxy) is 5. The van der Waals surface area contributed by atoms with Gasteiger partial charge in [-0.25, -0.2) is 0 Å². The van der Waals surface area contributed by atoms with Crippen molar-refractivity contribution in [2.45, 2.75) is 46.1 Å². The quantitative estimate of drug-likeness (QED) is 0.187. The fraction of sp³-hybridized carbons (Fsp3) is 0.909. The summed E-state index contributed by atoms with van der Waals surface area (Å²) in [5.41, 5.74) is 5.31. The van der Waals surface area contributed by atoms with Crippen molar-refractivity contribution < 1.29 is 33.3 Å². The number of hydrogen-bond donors (Lipinski definition) is 3. The van der Waals surface area contributed by atoms with Gasteiger partial charge in [0.1, 0.15) is 6.04 Å². The summed E-state index contributed by atoms with van der Waals surface area (Å²) < 4.78 is 26.8. The normalized spacial score (nSPS) is 12.2. The Bertz CT molecular complexity index is 453. The lowest BCUT2D eigenvalue weighted by Gasteiger charge is -2.20. The van der Waals surface area contributed by atoms with Gasteiger partial charge in [0, 0.05) is 19.5 Å². The number of carbonyl (C=O) groups excluding carboxylic acids is 2. The van der Waals surface area contributed by atoms with Crippen LogP contribution in [0.3, 0.4) is 0 Å². The lowest BCUT2D eigenvalue weighted by molar-refractivity contribution is -0.129. The highest BCUT2D eigenvalue weighted by Gasteiger charge is 2.21. The summed E-state index contributed by atoms with van der Waals surface area (Å²) in [6.07, 6.45) is 1.78. The topological polar surface area (TPSA) is 130 Å². The monoisotopic (exact) mass is 463 g/mol. The molecule has 10 nitrogen and oxygen atoms in total. The molecule has 0 saturated carbocycles. The van der Waals surface area contributed by atoms with Gasteiger partial charge in [-0.1, -0.05) is 20.8 Å². The molecule has 0 radical (unpaired) electrons. The maximum atomic E-state index is 12.3. The molecular formula is C22H45N3O7. The summed E-state index contributed by atoms with van der Waals surface area (Å²) in [7, 11) is 0. The zero-order chi connectivity index (χ0) is 23.9. The predicted molar refractivity (Wildman–Crippen MR) is 122 cm³/mol. The first-order valence-electron chi connectivity index (χ1n) is 11.7. The van der Waals surface area contributed by atoms with Crippen molar-refractivity contribution in [3.05, 3.63) is 0 Å². The van der Waals surface area contributed by atoms with Crippen molar-refractivity contribution in [3.8, 4) is 0 Å². The summed E-state index contributed by atoms with van der Waals surface area (Å²) in [5.74, 6) is 0.0389. The Kier molecular flexibility index (Phi) is 21.9. The third-order valence-electron chi connectivity index (χ3n) is 4.13. The maximum Gasteiger partial charge on any atom is 0.242 e. The number of hydrogen-bond acceptors (Lipinski definition) is 8. The molecule has 0 aromatic carbocycles. The molecule has 0 spiro atoms. The number of rotatable bonds is 23. The first kappa shape index (κ1) is 30.7. The zero-order valence-corrected chi connectivity index (χ0v) is 20.2. The molecule has 190 valence electrons. The Balaban J connectivity index is 3.55. The van der Waals surface area contributed by atoms with Crippen LogP contribution in [0.2, 0.25) is 0 Å². The summed E-state index contributed by atoms with van der Waals surface area (Å²) >= 11 is 0. The van der Waals surface area contributed by atoms with E-state index in [2.05, 4.69) is 10.6 Å². The Morgan fingerprint density at radius 3 is 1.69 bits per heavy atom. The van der Waals surface area contributed by atoms with E-state index < -0.39 is 6.04 Å². The Morgan fingerprint density at radius 1 is 0.781 bits per heavy atom. The molecule has 0 aromatic heterocycles. The van der Waals surface area contributed by atoms with Gasteiger partial charge >= 0.3 is 0 Å². The molecule has 4 N–H and O–H groups in total. The van der Waals surface area contributed by atoms with E-state index in [0.29, 0.717) is 97.9 Å². The molecule has 0 aliphatic carbocycles. The first-order valence-corrected chi connectivity index (χ1v) is 11.7. The minimum atomic E-state index is -0.507. The number of nitrogens with one attached hydrogen (secondary N) is 2. The third kappa shape index (κ3) is 20.6. The van der Waals surface area contributed by atoms with Crippen LogP contribution in [-0.4, -0.2) is 97.0 Å². The Labute approximate surface area is 193 Å². The standard InChI is InChI=1S/C22H45N3O7/c1-4-5-21(26)25-20(18-19(2)3)22(27)24-7-9-29-11-13-31-15-17-32-16-14-30-12-10-28-8-6-23/h19-20H,4-18,23H2,1-3H3,(H,24,27)(H,25,26)/t20-/m0/s1. The lowest BCUT2D eigenvalue weighted by Crippen LogP contribution is -2.48. The average Bonchev–Trinajstić information content (AvgIpc) is 2.75. The van der Waals surface area contributed by atoms with Crippen LogP contribution in [0.1, 0.15) is 40.0 Å². The van der Waals surface area contributed by atoms with E-state index >= 15 is 0 Å². The molecule has 0 unspecified atom stereocenters. The van der Waals surface area contributed by atoms with Gasteiger partial charge in [-0.2, -0.15) is 0 Å². The van der Waals surface area contributed by atoms with E-state index in [1.165, 1.54) is 0 Å². The van der Waals surface area contributed by atoms with Gasteiger partial charge < -0.3 is 40.1 Å². The van der Waals surface area contributed by atoms with Crippen LogP contribution in [0.5, 0.6) is 0 Å². The van der Waals surface area contributed by atoms with E-state index in [9.17, 15) is 9.59 Å². The highest BCUT2D eigenvalue weighted by Crippen LogP contribution is 2.05. The van der Waals surface area contributed by atoms with Crippen molar-refractivity contribution in [2.75, 3.05) is 79.2 Å². The van der Waals surface area contributed by atoms with Crippen molar-refractivity contribution in [1.29, 1.82) is 0 Å². The van der Waals surface area contributed by atoms with Crippen LogP contribution >= 0.6 is 0 Å². The van der Waals surface area contributed by atoms with Crippen molar-refractivity contribution in [2.24, 2.45) is 11.7 Å². The molecule has 10 heteroatoms. The largest absolute Gasteiger partial charge is 0.378 e. The summed E-state index contributed by atoms with van der Waals surface area (Å²) in [6, 6.07) is -0.507. The van der Waals surface area contributed by atoms with Crippen LogP contribution < -0.4 is 16.4 Å². The second-order valence-corrected chi connectivity index (χ2v) is 7.64. The smallest absolute Gasteiger partial charge is 0.242 e. The van der Waals surface area contributed by atoms with Crippen molar-refractivity contribution in [1.82, 2.24) is 10.6 Å². The minimum absolute atomic E-state index is 0.0915. The van der Waals surface area contributed by atoms with Gasteiger partial charge in [-0.15, -0.1) is 0 Å². The predicted octanol–water partition coefficient (Wildman–Crippen LogP) is 0.475. The second-order valence-electron chi connectivity index (χ2n) is 7.64. The zero-order valence-electron chi connectivity index (χ0n) is 20.2. The Morgan fingerprint density at radius 2 is 1.25 bits per heavy atom. The number of carbonyl (C=O) groups is 2. The lowest BCUT2D eigenvalue weighted by atomic mass is 10.0. The molecule has 0 heterocycles. The molecule has 0 rings (SSSR count). The molecule has 0 aliphatic heterocycles. The van der Waals surface area contributed by atoms with E-state index in [1.54, 1.807) is 0 Å². The van der Waals surface area contributed by atoms with E-state index in [1.807, 2.05) is 20.8 Å². The van der Waals surface area contributed by atoms with Crippen LogP contribution in [0.25, 0.3) is 0 Å². The minimum Gasteiger partial charge on any atom is -0.378 e. The van der Waals surface area contributed by atoms with Crippen LogP contribution in [0.15, 0.2) is 0 Å². The van der Waals surface area contributed by atoms with E-state index in [-0.39, 0.29) is 11.8 Å². The molecule has 0 saturated heterocycles. The van der Waals surface area contributed by atoms with Gasteiger partial charge in [-0.05, 0) is 18.8 Å². The van der Waals surface area contributed by atoms with Crippen molar-refractivity contribution >= 4 is 11.8 Å². The first-order chi connectivity index (χ1) is 15.5. The molecule has 2 amide bonds. The molecule has 1 atom stereocenters. The molecule has 0 fully saturated rings. The Hall–Kier alpha value is -1.30.